The highest BCUT2D eigenvalue weighted by atomic mass is 16.5. The molecule has 176 valence electrons. The van der Waals surface area contributed by atoms with Crippen molar-refractivity contribution in [2.45, 2.75) is 38.5 Å². The number of aliphatic carboxylic acids is 2. The molecule has 1 aromatic carbocycles. The van der Waals surface area contributed by atoms with Crippen molar-refractivity contribution in [1.82, 2.24) is 9.80 Å². The molecule has 0 bridgehead atoms. The van der Waals surface area contributed by atoms with Gasteiger partial charge in [-0.25, -0.2) is 9.59 Å². The van der Waals surface area contributed by atoms with Crippen molar-refractivity contribution in [2.24, 2.45) is 5.92 Å². The largest absolute Gasteiger partial charge is 0.497 e. The first-order valence-electron chi connectivity index (χ1n) is 10.9. The summed E-state index contributed by atoms with van der Waals surface area (Å²) >= 11 is 0. The molecule has 2 aliphatic rings. The molecule has 9 nitrogen and oxygen atoms in total. The highest BCUT2D eigenvalue weighted by Gasteiger charge is 2.24. The first-order chi connectivity index (χ1) is 15.3. The van der Waals surface area contributed by atoms with Gasteiger partial charge in [0.15, 0.2) is 5.78 Å². The third kappa shape index (κ3) is 8.30. The average molecular weight is 449 g/mol. The van der Waals surface area contributed by atoms with Crippen molar-refractivity contribution >= 4 is 23.6 Å². The standard InChI is InChI=1S/C21H30N2O3.C2H2O4/c1-26-19-9-7-18(8-10-19)20(24)16-22-12-14-23(15-13-22)21(25)11-6-17-4-2-3-5-17;3-1(4)2(5)6/h7-10,17H,2-6,11-16H2,1H3;(H,3,4)(H,5,6). The number of nitrogens with zero attached hydrogens (tertiary/aromatic N) is 2. The van der Waals surface area contributed by atoms with Gasteiger partial charge in [-0.3, -0.25) is 14.5 Å². The Morgan fingerprint density at radius 3 is 2.00 bits per heavy atom. The van der Waals surface area contributed by atoms with Crippen LogP contribution in [0.15, 0.2) is 24.3 Å². The SMILES string of the molecule is COc1ccc(C(=O)CN2CCN(C(=O)CCC3CCCC3)CC2)cc1.O=C(O)C(=O)O. The summed E-state index contributed by atoms with van der Waals surface area (Å²) in [7, 11) is 1.62. The Bertz CT molecular complexity index is 768. The summed E-state index contributed by atoms with van der Waals surface area (Å²) in [4.78, 5) is 47.1. The van der Waals surface area contributed by atoms with E-state index in [2.05, 4.69) is 4.90 Å². The molecule has 0 unspecified atom stereocenters. The average Bonchev–Trinajstić information content (AvgIpc) is 3.32. The van der Waals surface area contributed by atoms with Crippen LogP contribution in [0.1, 0.15) is 48.9 Å². The molecular weight excluding hydrogens is 416 g/mol. The molecule has 1 saturated heterocycles. The molecule has 1 aliphatic carbocycles. The molecule has 0 aromatic heterocycles. The molecule has 32 heavy (non-hydrogen) atoms. The first-order valence-corrected chi connectivity index (χ1v) is 10.9. The lowest BCUT2D eigenvalue weighted by atomic mass is 10.0. The van der Waals surface area contributed by atoms with Crippen molar-refractivity contribution in [3.8, 4) is 5.75 Å². The summed E-state index contributed by atoms with van der Waals surface area (Å²) in [5.74, 6) is -1.72. The van der Waals surface area contributed by atoms with E-state index in [0.717, 1.165) is 44.3 Å². The summed E-state index contributed by atoms with van der Waals surface area (Å²) in [6.45, 7) is 3.43. The van der Waals surface area contributed by atoms with E-state index in [1.54, 1.807) is 7.11 Å². The Morgan fingerprint density at radius 2 is 1.50 bits per heavy atom. The minimum atomic E-state index is -1.82. The van der Waals surface area contributed by atoms with Gasteiger partial charge in [-0.05, 0) is 36.6 Å². The molecule has 2 N–H and O–H groups in total. The van der Waals surface area contributed by atoms with Crippen LogP contribution in [0.25, 0.3) is 0 Å². The Balaban J connectivity index is 0.000000534. The van der Waals surface area contributed by atoms with Crippen molar-refractivity contribution < 1.29 is 34.1 Å². The van der Waals surface area contributed by atoms with E-state index in [0.29, 0.717) is 18.5 Å². The van der Waals surface area contributed by atoms with Crippen LogP contribution in [-0.4, -0.2) is 83.5 Å². The maximum atomic E-state index is 12.4. The molecule has 1 amide bonds. The summed E-state index contributed by atoms with van der Waals surface area (Å²) in [6, 6.07) is 7.25. The van der Waals surface area contributed by atoms with E-state index in [-0.39, 0.29) is 11.7 Å². The third-order valence-electron chi connectivity index (χ3n) is 5.93. The van der Waals surface area contributed by atoms with Gasteiger partial charge in [-0.1, -0.05) is 25.7 Å². The molecule has 0 spiro atoms. The maximum absolute atomic E-state index is 12.4. The highest BCUT2D eigenvalue weighted by molar-refractivity contribution is 6.27. The number of benzene rings is 1. The Hall–Kier alpha value is -2.94. The zero-order valence-electron chi connectivity index (χ0n) is 18.5. The summed E-state index contributed by atoms with van der Waals surface area (Å²) in [6.07, 6.45) is 7.01. The number of ketones is 1. The number of carbonyl (C=O) groups is 4. The summed E-state index contributed by atoms with van der Waals surface area (Å²) < 4.78 is 5.13. The number of methoxy groups -OCH3 is 1. The monoisotopic (exact) mass is 448 g/mol. The van der Waals surface area contributed by atoms with Crippen LogP contribution in [0.4, 0.5) is 0 Å². The zero-order valence-corrected chi connectivity index (χ0v) is 18.5. The lowest BCUT2D eigenvalue weighted by Gasteiger charge is -2.34. The highest BCUT2D eigenvalue weighted by Crippen LogP contribution is 2.28. The molecule has 9 heteroatoms. The predicted molar refractivity (Wildman–Crippen MR) is 117 cm³/mol. The lowest BCUT2D eigenvalue weighted by molar-refractivity contribution is -0.159. The third-order valence-corrected chi connectivity index (χ3v) is 5.93. The number of carboxylic acid groups (broad SMARTS) is 2. The number of amides is 1. The van der Waals surface area contributed by atoms with Gasteiger partial charge >= 0.3 is 11.9 Å². The van der Waals surface area contributed by atoms with E-state index in [4.69, 9.17) is 24.5 Å². The van der Waals surface area contributed by atoms with Crippen molar-refractivity contribution in [3.63, 3.8) is 0 Å². The van der Waals surface area contributed by atoms with Gasteiger partial charge in [0.05, 0.1) is 13.7 Å². The smallest absolute Gasteiger partial charge is 0.414 e. The molecule has 0 radical (unpaired) electrons. The van der Waals surface area contributed by atoms with Gasteiger partial charge in [0.1, 0.15) is 5.75 Å². The van der Waals surface area contributed by atoms with E-state index < -0.39 is 11.9 Å². The van der Waals surface area contributed by atoms with Crippen LogP contribution >= 0.6 is 0 Å². The molecule has 1 aromatic rings. The van der Waals surface area contributed by atoms with Crippen molar-refractivity contribution in [2.75, 3.05) is 39.8 Å². The van der Waals surface area contributed by atoms with Crippen LogP contribution in [0, 0.1) is 5.92 Å². The fraction of sp³-hybridized carbons (Fsp3) is 0.565. The van der Waals surface area contributed by atoms with Gasteiger partial charge in [-0.2, -0.15) is 0 Å². The minimum Gasteiger partial charge on any atom is -0.497 e. The Labute approximate surface area is 187 Å². The van der Waals surface area contributed by atoms with Crippen LogP contribution in [0.3, 0.4) is 0 Å². The van der Waals surface area contributed by atoms with Crippen molar-refractivity contribution in [1.29, 1.82) is 0 Å². The molecule has 0 atom stereocenters. The number of carbonyl (C=O) groups excluding carboxylic acids is 2. The van der Waals surface area contributed by atoms with E-state index >= 15 is 0 Å². The number of rotatable bonds is 7. The molecule has 2 fully saturated rings. The van der Waals surface area contributed by atoms with Gasteiger partial charge in [0.25, 0.3) is 0 Å². The number of Topliss-reactive ketones (excluding diaryl/α,β-unsaturated/α-hetero) is 1. The number of ether oxygens (including phenoxy) is 1. The molecule has 3 rings (SSSR count). The van der Waals surface area contributed by atoms with Crippen LogP contribution < -0.4 is 4.74 Å². The predicted octanol–water partition coefficient (Wildman–Crippen LogP) is 2.15. The second-order valence-corrected chi connectivity index (χ2v) is 8.11. The van der Waals surface area contributed by atoms with E-state index in [9.17, 15) is 9.59 Å². The maximum Gasteiger partial charge on any atom is 0.414 e. The molecule has 1 aliphatic heterocycles. The van der Waals surface area contributed by atoms with Crippen molar-refractivity contribution in [3.05, 3.63) is 29.8 Å². The Morgan fingerprint density at radius 1 is 0.938 bits per heavy atom. The van der Waals surface area contributed by atoms with Gasteiger partial charge in [0, 0.05) is 38.2 Å². The Kier molecular flexibility index (Phi) is 10.1. The van der Waals surface area contributed by atoms with Gasteiger partial charge in [0.2, 0.25) is 5.91 Å². The second kappa shape index (κ2) is 12.8. The second-order valence-electron chi connectivity index (χ2n) is 8.11. The number of piperazine rings is 1. The normalized spacial score (nSPS) is 16.7. The van der Waals surface area contributed by atoms with Gasteiger partial charge in [-0.15, -0.1) is 0 Å². The summed E-state index contributed by atoms with van der Waals surface area (Å²) in [5.41, 5.74) is 0.709. The molecular formula is C23H32N2O7. The fourth-order valence-corrected chi connectivity index (χ4v) is 4.01. The molecule has 1 saturated carbocycles. The summed E-state index contributed by atoms with van der Waals surface area (Å²) in [5, 5.41) is 14.8. The fourth-order valence-electron chi connectivity index (χ4n) is 4.01. The van der Waals surface area contributed by atoms with Crippen LogP contribution in [0.2, 0.25) is 0 Å². The van der Waals surface area contributed by atoms with E-state index in [1.165, 1.54) is 25.7 Å². The van der Waals surface area contributed by atoms with Gasteiger partial charge < -0.3 is 19.8 Å². The zero-order chi connectivity index (χ0) is 23.5. The van der Waals surface area contributed by atoms with E-state index in [1.807, 2.05) is 29.2 Å². The van der Waals surface area contributed by atoms with Crippen LogP contribution in [0.5, 0.6) is 5.75 Å². The number of hydrogen-bond donors (Lipinski definition) is 2. The first kappa shape index (κ1) is 25.3. The minimum absolute atomic E-state index is 0.119. The molecule has 1 heterocycles. The number of carboxylic acids is 2. The topological polar surface area (TPSA) is 124 Å². The quantitative estimate of drug-likeness (QED) is 0.480. The number of hydrogen-bond acceptors (Lipinski definition) is 6. The lowest BCUT2D eigenvalue weighted by Crippen LogP contribution is -2.49. The van der Waals surface area contributed by atoms with Crippen LogP contribution in [-0.2, 0) is 14.4 Å².